The topological polar surface area (TPSA) is 119 Å². The number of nitrogens with one attached hydrogen (secondary N) is 1. The molecule has 2 saturated heterocycles. The van der Waals surface area contributed by atoms with Crippen molar-refractivity contribution in [3.8, 4) is 0 Å². The zero-order valence-corrected chi connectivity index (χ0v) is 18.7. The van der Waals surface area contributed by atoms with Crippen LogP contribution >= 0.6 is 11.8 Å². The highest BCUT2D eigenvalue weighted by Gasteiger charge is 2.56. The number of rotatable bonds is 7. The van der Waals surface area contributed by atoms with E-state index in [9.17, 15) is 24.5 Å². The summed E-state index contributed by atoms with van der Waals surface area (Å²) in [6.07, 6.45) is 0.203. The number of nitro groups is 1. The normalized spacial score (nSPS) is 23.8. The lowest BCUT2D eigenvalue weighted by molar-refractivity contribution is -0.384. The molecule has 0 aliphatic carbocycles. The van der Waals surface area contributed by atoms with Gasteiger partial charge in [0.2, 0.25) is 11.8 Å². The molecular weight excluding hydrogens is 446 g/mol. The maximum Gasteiger partial charge on any atom is 0.314 e. The average molecular weight is 470 g/mol. The monoisotopic (exact) mass is 469 g/mol. The van der Waals surface area contributed by atoms with E-state index in [1.165, 1.54) is 23.9 Å². The lowest BCUT2D eigenvalue weighted by Gasteiger charge is -2.53. The Hall–Kier alpha value is -3.40. The lowest BCUT2D eigenvalue weighted by Crippen LogP contribution is -2.73. The van der Waals surface area contributed by atoms with E-state index in [0.717, 1.165) is 5.56 Å². The van der Waals surface area contributed by atoms with Crippen LogP contribution in [0.4, 0.5) is 5.69 Å². The van der Waals surface area contributed by atoms with Gasteiger partial charge in [-0.05, 0) is 30.2 Å². The molecule has 2 aromatic rings. The number of hydrogen-bond acceptors (Lipinski definition) is 7. The molecule has 0 bridgehead atoms. The van der Waals surface area contributed by atoms with E-state index in [0.29, 0.717) is 11.3 Å². The summed E-state index contributed by atoms with van der Waals surface area (Å²) >= 11 is 1.45. The van der Waals surface area contributed by atoms with Crippen molar-refractivity contribution in [1.82, 2.24) is 10.2 Å². The van der Waals surface area contributed by atoms with Crippen LogP contribution in [0.25, 0.3) is 0 Å². The molecule has 0 saturated carbocycles. The third kappa shape index (κ3) is 4.85. The van der Waals surface area contributed by atoms with E-state index in [-0.39, 0.29) is 42.4 Å². The van der Waals surface area contributed by atoms with Crippen LogP contribution in [0.2, 0.25) is 0 Å². The molecule has 0 aromatic heterocycles. The summed E-state index contributed by atoms with van der Waals surface area (Å²) in [6.45, 7) is 1.96. The molecule has 2 heterocycles. The van der Waals surface area contributed by atoms with Gasteiger partial charge < -0.3 is 15.0 Å². The van der Waals surface area contributed by atoms with Gasteiger partial charge in [-0.2, -0.15) is 0 Å². The quantitative estimate of drug-likeness (QED) is 0.286. The van der Waals surface area contributed by atoms with Crippen molar-refractivity contribution in [2.75, 3.05) is 12.3 Å². The molecule has 2 unspecified atom stereocenters. The molecule has 0 radical (unpaired) electrons. The van der Waals surface area contributed by atoms with Crippen LogP contribution in [0, 0.1) is 15.5 Å². The SMILES string of the molecule is CC1(C(=O)OCc2ccc([N+](=O)[O-])cc2)CS[C@@H]2C(NC(=O)Cc3ccccc3)C(=O)N2C1. The van der Waals surface area contributed by atoms with Gasteiger partial charge in [0.1, 0.15) is 18.0 Å². The highest BCUT2D eigenvalue weighted by atomic mass is 32.2. The number of fused-ring (bicyclic) bond motifs is 1. The van der Waals surface area contributed by atoms with E-state index in [4.69, 9.17) is 4.74 Å². The Labute approximate surface area is 194 Å². The van der Waals surface area contributed by atoms with Crippen LogP contribution in [-0.4, -0.2) is 51.3 Å². The minimum atomic E-state index is -0.878. The Morgan fingerprint density at radius 2 is 1.88 bits per heavy atom. The summed E-state index contributed by atoms with van der Waals surface area (Å²) in [5, 5.41) is 13.4. The maximum absolute atomic E-state index is 12.8. The number of esters is 1. The minimum Gasteiger partial charge on any atom is -0.460 e. The van der Waals surface area contributed by atoms with E-state index >= 15 is 0 Å². The molecule has 2 amide bonds. The first-order chi connectivity index (χ1) is 15.8. The fourth-order valence-corrected chi connectivity index (χ4v) is 5.35. The minimum absolute atomic E-state index is 0.00731. The number of carbonyl (C=O) groups is 3. The highest BCUT2D eigenvalue weighted by Crippen LogP contribution is 2.42. The second-order valence-electron chi connectivity index (χ2n) is 8.44. The van der Waals surface area contributed by atoms with Crippen LogP contribution in [0.15, 0.2) is 54.6 Å². The van der Waals surface area contributed by atoms with Gasteiger partial charge in [-0.1, -0.05) is 30.3 Å². The number of amides is 2. The lowest BCUT2D eigenvalue weighted by atomic mass is 9.89. The van der Waals surface area contributed by atoms with Gasteiger partial charge in [-0.25, -0.2) is 0 Å². The largest absolute Gasteiger partial charge is 0.460 e. The second-order valence-corrected chi connectivity index (χ2v) is 9.54. The van der Waals surface area contributed by atoms with Crippen LogP contribution in [0.5, 0.6) is 0 Å². The molecule has 2 aliphatic rings. The Balaban J connectivity index is 1.29. The first-order valence-electron chi connectivity index (χ1n) is 10.4. The number of benzene rings is 2. The van der Waals surface area contributed by atoms with Gasteiger partial charge in [0.25, 0.3) is 5.69 Å². The molecule has 4 rings (SSSR count). The van der Waals surface area contributed by atoms with Crippen molar-refractivity contribution in [3.63, 3.8) is 0 Å². The number of ether oxygens (including phenoxy) is 1. The molecule has 3 atom stereocenters. The maximum atomic E-state index is 12.8. The first-order valence-corrected chi connectivity index (χ1v) is 11.5. The van der Waals surface area contributed by atoms with Gasteiger partial charge >= 0.3 is 5.97 Å². The first kappa shape index (κ1) is 22.8. The summed E-state index contributed by atoms with van der Waals surface area (Å²) in [4.78, 5) is 49.6. The van der Waals surface area contributed by atoms with E-state index in [2.05, 4.69) is 5.32 Å². The average Bonchev–Trinajstić information content (AvgIpc) is 2.82. The molecule has 1 N–H and O–H groups in total. The van der Waals surface area contributed by atoms with Gasteiger partial charge in [-0.3, -0.25) is 24.5 Å². The molecule has 172 valence electrons. The van der Waals surface area contributed by atoms with Gasteiger partial charge in [0, 0.05) is 24.4 Å². The van der Waals surface area contributed by atoms with Crippen LogP contribution in [-0.2, 0) is 32.1 Å². The van der Waals surface area contributed by atoms with Crippen molar-refractivity contribution in [3.05, 3.63) is 75.8 Å². The third-order valence-corrected chi connectivity index (χ3v) is 7.44. The Kier molecular flexibility index (Phi) is 6.37. The number of nitro benzene ring substituents is 1. The van der Waals surface area contributed by atoms with Gasteiger partial charge in [0.15, 0.2) is 0 Å². The fraction of sp³-hybridized carbons (Fsp3) is 0.348. The molecule has 2 aromatic carbocycles. The zero-order chi connectivity index (χ0) is 23.6. The third-order valence-electron chi connectivity index (χ3n) is 5.77. The smallest absolute Gasteiger partial charge is 0.314 e. The van der Waals surface area contributed by atoms with Crippen molar-refractivity contribution < 1.29 is 24.0 Å². The number of non-ortho nitro benzene ring substituents is 1. The second kappa shape index (κ2) is 9.22. The molecule has 0 spiro atoms. The summed E-state index contributed by atoms with van der Waals surface area (Å²) in [5.74, 6) is -0.402. The number of β-lactam (4-membered cyclic amide) rings is 1. The van der Waals surface area contributed by atoms with Crippen molar-refractivity contribution in [2.45, 2.75) is 31.4 Å². The Bertz CT molecular complexity index is 1080. The Morgan fingerprint density at radius 1 is 1.18 bits per heavy atom. The Morgan fingerprint density at radius 3 is 2.55 bits per heavy atom. The zero-order valence-electron chi connectivity index (χ0n) is 17.9. The van der Waals surface area contributed by atoms with Crippen molar-refractivity contribution >= 4 is 35.2 Å². The fourth-order valence-electron chi connectivity index (χ4n) is 3.87. The number of nitrogens with zero attached hydrogens (tertiary/aromatic N) is 2. The highest BCUT2D eigenvalue weighted by molar-refractivity contribution is 8.00. The molecule has 2 fully saturated rings. The predicted octanol–water partition coefficient (Wildman–Crippen LogP) is 2.29. The molecular formula is C23H23N3O6S. The van der Waals surface area contributed by atoms with E-state index in [1.807, 2.05) is 30.3 Å². The molecule has 2 aliphatic heterocycles. The summed E-state index contributed by atoms with van der Waals surface area (Å²) < 4.78 is 5.44. The predicted molar refractivity (Wildman–Crippen MR) is 121 cm³/mol. The number of hydrogen-bond donors (Lipinski definition) is 1. The van der Waals surface area contributed by atoms with Crippen LogP contribution in [0.3, 0.4) is 0 Å². The number of carbonyl (C=O) groups excluding carboxylic acids is 3. The summed E-state index contributed by atoms with van der Waals surface area (Å²) in [6, 6.07) is 14.5. The molecule has 9 nitrogen and oxygen atoms in total. The standard InChI is InChI=1S/C23H23N3O6S/c1-23(22(29)32-12-16-7-9-17(10-8-16)26(30)31)13-25-20(28)19(21(25)33-14-23)24-18(27)11-15-5-3-2-4-6-15/h2-10,19,21H,11-14H2,1H3,(H,24,27)/t19?,21-,23?/m1/s1. The van der Waals surface area contributed by atoms with Crippen molar-refractivity contribution in [2.24, 2.45) is 5.41 Å². The van der Waals surface area contributed by atoms with Crippen molar-refractivity contribution in [1.29, 1.82) is 0 Å². The van der Waals surface area contributed by atoms with E-state index in [1.54, 1.807) is 24.0 Å². The van der Waals surface area contributed by atoms with Gasteiger partial charge in [0.05, 0.1) is 16.8 Å². The summed E-state index contributed by atoms with van der Waals surface area (Å²) in [7, 11) is 0. The van der Waals surface area contributed by atoms with Gasteiger partial charge in [-0.15, -0.1) is 11.8 Å². The number of thioether (sulfide) groups is 1. The van der Waals surface area contributed by atoms with Crippen LogP contribution < -0.4 is 5.32 Å². The molecule has 33 heavy (non-hydrogen) atoms. The van der Waals surface area contributed by atoms with E-state index < -0.39 is 22.3 Å². The van der Waals surface area contributed by atoms with Crippen LogP contribution in [0.1, 0.15) is 18.1 Å². The molecule has 10 heteroatoms. The summed E-state index contributed by atoms with van der Waals surface area (Å²) in [5.41, 5.74) is 0.600.